The van der Waals surface area contributed by atoms with Crippen molar-refractivity contribution in [3.05, 3.63) is 38.8 Å². The molecule has 22 heavy (non-hydrogen) atoms. The topological polar surface area (TPSA) is 69.1 Å². The summed E-state index contributed by atoms with van der Waals surface area (Å²) in [5, 5.41) is 8.02. The van der Waals surface area contributed by atoms with Crippen LogP contribution in [-0.2, 0) is 17.1 Å². The highest BCUT2D eigenvalue weighted by Gasteiger charge is 2.28. The van der Waals surface area contributed by atoms with E-state index < -0.39 is 0 Å². The van der Waals surface area contributed by atoms with Crippen LogP contribution in [0.2, 0.25) is 5.02 Å². The molecule has 1 aromatic heterocycles. The Balaban J connectivity index is 1.59. The lowest BCUT2D eigenvalue weighted by molar-refractivity contribution is -0.0168. The van der Waals surface area contributed by atoms with E-state index in [1.807, 2.05) is 12.1 Å². The molecule has 1 aliphatic heterocycles. The van der Waals surface area contributed by atoms with Crippen LogP contribution in [0.1, 0.15) is 30.0 Å². The average molecular weight is 340 g/mol. The Morgan fingerprint density at radius 1 is 1.45 bits per heavy atom. The van der Waals surface area contributed by atoms with E-state index in [0.717, 1.165) is 29.7 Å². The number of rotatable bonds is 4. The van der Waals surface area contributed by atoms with Crippen LogP contribution in [0.15, 0.2) is 22.1 Å². The molecule has 0 saturated heterocycles. The first-order chi connectivity index (χ1) is 10.7. The van der Waals surface area contributed by atoms with Gasteiger partial charge in [-0.15, -0.1) is 5.10 Å². The molecular weight excluding hydrogens is 326 g/mol. The summed E-state index contributed by atoms with van der Waals surface area (Å²) in [5.41, 5.74) is 1.81. The number of ether oxygens (including phenoxy) is 2. The van der Waals surface area contributed by atoms with Crippen LogP contribution < -0.4 is 10.4 Å². The molecular formula is C14H14ClN3O3S. The molecule has 2 heterocycles. The van der Waals surface area contributed by atoms with Crippen LogP contribution in [0.25, 0.3) is 0 Å². The second-order valence-corrected chi connectivity index (χ2v) is 6.74. The Morgan fingerprint density at radius 2 is 2.32 bits per heavy atom. The quantitative estimate of drug-likeness (QED) is 0.867. The number of aromatic amines is 1. The summed E-state index contributed by atoms with van der Waals surface area (Å²) in [6.07, 6.45) is 2.08. The van der Waals surface area contributed by atoms with Crippen LogP contribution in [-0.4, -0.2) is 21.6 Å². The number of benzene rings is 1. The predicted octanol–water partition coefficient (Wildman–Crippen LogP) is 2.72. The maximum atomic E-state index is 11.8. The summed E-state index contributed by atoms with van der Waals surface area (Å²) in [6.45, 7) is 0.754. The van der Waals surface area contributed by atoms with Crippen molar-refractivity contribution < 1.29 is 9.47 Å². The van der Waals surface area contributed by atoms with Crippen molar-refractivity contribution in [1.29, 1.82) is 0 Å². The third kappa shape index (κ3) is 2.64. The van der Waals surface area contributed by atoms with Crippen molar-refractivity contribution in [2.24, 2.45) is 0 Å². The highest BCUT2D eigenvalue weighted by Crippen LogP contribution is 2.38. The van der Waals surface area contributed by atoms with E-state index in [1.54, 1.807) is 4.57 Å². The molecule has 2 aliphatic rings. The second-order valence-electron chi connectivity index (χ2n) is 5.36. The Hall–Kier alpha value is -1.44. The van der Waals surface area contributed by atoms with E-state index in [4.69, 9.17) is 21.1 Å². The van der Waals surface area contributed by atoms with E-state index in [-0.39, 0.29) is 12.5 Å². The molecule has 0 spiro atoms. The van der Waals surface area contributed by atoms with Crippen LogP contribution >= 0.6 is 23.4 Å². The van der Waals surface area contributed by atoms with Crippen molar-refractivity contribution in [1.82, 2.24) is 14.8 Å². The van der Waals surface area contributed by atoms with Crippen molar-refractivity contribution in [2.75, 3.05) is 6.79 Å². The fourth-order valence-corrected chi connectivity index (χ4v) is 3.80. The summed E-state index contributed by atoms with van der Waals surface area (Å²) in [7, 11) is 0. The van der Waals surface area contributed by atoms with Gasteiger partial charge in [0, 0.05) is 27.9 Å². The average Bonchev–Trinajstić information content (AvgIpc) is 3.28. The number of hydrogen-bond donors (Lipinski definition) is 1. The third-order valence-corrected chi connectivity index (χ3v) is 4.91. The van der Waals surface area contributed by atoms with Crippen LogP contribution in [0.3, 0.4) is 0 Å². The zero-order valence-electron chi connectivity index (χ0n) is 11.7. The minimum atomic E-state index is -0.136. The van der Waals surface area contributed by atoms with Crippen molar-refractivity contribution >= 4 is 23.4 Å². The van der Waals surface area contributed by atoms with Gasteiger partial charge in [-0.25, -0.2) is 9.89 Å². The largest absolute Gasteiger partial charge is 0.467 e. The molecule has 0 radical (unpaired) electrons. The lowest BCUT2D eigenvalue weighted by Crippen LogP contribution is -2.16. The zero-order valence-corrected chi connectivity index (χ0v) is 13.2. The fourth-order valence-electron chi connectivity index (χ4n) is 2.55. The molecule has 1 aromatic carbocycles. The lowest BCUT2D eigenvalue weighted by atomic mass is 10.1. The van der Waals surface area contributed by atoms with Gasteiger partial charge in [-0.3, -0.25) is 4.57 Å². The van der Waals surface area contributed by atoms with Gasteiger partial charge < -0.3 is 9.47 Å². The first kappa shape index (κ1) is 14.2. The van der Waals surface area contributed by atoms with Gasteiger partial charge in [0.05, 0.1) is 6.61 Å². The minimum absolute atomic E-state index is 0.136. The van der Waals surface area contributed by atoms with Crippen molar-refractivity contribution in [3.63, 3.8) is 0 Å². The molecule has 4 rings (SSSR count). The second kappa shape index (κ2) is 5.64. The van der Waals surface area contributed by atoms with Gasteiger partial charge in [0.15, 0.2) is 11.9 Å². The standard InChI is InChI=1S/C14H14ClN3O3S/c15-10-3-8-5-20-7-21-12(8)9(4-10)6-22-14-17-16-13(19)18(14)11-1-2-11/h3-4,11H,1-2,5-7H2,(H,16,19). The number of nitrogens with one attached hydrogen (secondary N) is 1. The number of halogens is 1. The Labute approximate surface area is 135 Å². The molecule has 8 heteroatoms. The summed E-state index contributed by atoms with van der Waals surface area (Å²) in [6, 6.07) is 4.05. The third-order valence-electron chi connectivity index (χ3n) is 3.69. The van der Waals surface area contributed by atoms with Gasteiger partial charge in [-0.1, -0.05) is 23.4 Å². The van der Waals surface area contributed by atoms with Crippen molar-refractivity contribution in [3.8, 4) is 5.75 Å². The number of hydrogen-bond acceptors (Lipinski definition) is 5. The van der Waals surface area contributed by atoms with E-state index in [0.29, 0.717) is 28.6 Å². The summed E-state index contributed by atoms with van der Waals surface area (Å²) in [4.78, 5) is 11.8. The van der Waals surface area contributed by atoms with E-state index in [2.05, 4.69) is 10.2 Å². The number of fused-ring (bicyclic) bond motifs is 1. The van der Waals surface area contributed by atoms with E-state index >= 15 is 0 Å². The number of nitrogens with zero attached hydrogens (tertiary/aromatic N) is 2. The zero-order chi connectivity index (χ0) is 15.1. The van der Waals surface area contributed by atoms with Gasteiger partial charge >= 0.3 is 5.69 Å². The molecule has 1 aliphatic carbocycles. The molecule has 6 nitrogen and oxygen atoms in total. The maximum absolute atomic E-state index is 11.8. The molecule has 116 valence electrons. The van der Waals surface area contributed by atoms with Gasteiger partial charge in [0.2, 0.25) is 0 Å². The minimum Gasteiger partial charge on any atom is -0.467 e. The number of H-pyrrole nitrogens is 1. The van der Waals surface area contributed by atoms with E-state index in [1.165, 1.54) is 11.8 Å². The van der Waals surface area contributed by atoms with Gasteiger partial charge in [-0.05, 0) is 25.0 Å². The smallest absolute Gasteiger partial charge is 0.344 e. The van der Waals surface area contributed by atoms with Crippen molar-refractivity contribution in [2.45, 2.75) is 36.4 Å². The Morgan fingerprint density at radius 3 is 3.14 bits per heavy atom. The Bertz CT molecular complexity index is 769. The SMILES string of the molecule is O=c1[nH]nc(SCc2cc(Cl)cc3c2OCOC3)n1C1CC1. The van der Waals surface area contributed by atoms with Crippen LogP contribution in [0.5, 0.6) is 5.75 Å². The monoisotopic (exact) mass is 339 g/mol. The van der Waals surface area contributed by atoms with Gasteiger partial charge in [0.25, 0.3) is 0 Å². The number of aromatic nitrogens is 3. The molecule has 1 N–H and O–H groups in total. The predicted molar refractivity (Wildman–Crippen MR) is 82.4 cm³/mol. The summed E-state index contributed by atoms with van der Waals surface area (Å²) in [5.74, 6) is 1.47. The summed E-state index contributed by atoms with van der Waals surface area (Å²) < 4.78 is 12.6. The van der Waals surface area contributed by atoms with E-state index in [9.17, 15) is 4.79 Å². The lowest BCUT2D eigenvalue weighted by Gasteiger charge is -2.21. The molecule has 0 amide bonds. The molecule has 0 bridgehead atoms. The fraction of sp³-hybridized carbons (Fsp3) is 0.429. The van der Waals surface area contributed by atoms with Gasteiger partial charge in [-0.2, -0.15) is 0 Å². The molecule has 2 aromatic rings. The molecule has 1 fully saturated rings. The Kier molecular flexibility index (Phi) is 3.63. The molecule has 0 unspecified atom stereocenters. The summed E-state index contributed by atoms with van der Waals surface area (Å²) >= 11 is 7.67. The maximum Gasteiger partial charge on any atom is 0.344 e. The van der Waals surface area contributed by atoms with Gasteiger partial charge in [0.1, 0.15) is 5.75 Å². The highest BCUT2D eigenvalue weighted by molar-refractivity contribution is 7.98. The molecule has 0 atom stereocenters. The van der Waals surface area contributed by atoms with Crippen LogP contribution in [0, 0.1) is 0 Å². The van der Waals surface area contributed by atoms with Crippen LogP contribution in [0.4, 0.5) is 0 Å². The first-order valence-corrected chi connectivity index (χ1v) is 8.40. The molecule has 1 saturated carbocycles. The highest BCUT2D eigenvalue weighted by atomic mass is 35.5. The number of thioether (sulfide) groups is 1. The normalized spacial score (nSPS) is 17.1. The first-order valence-electron chi connectivity index (χ1n) is 7.04.